The molecule has 0 spiro atoms. The third kappa shape index (κ3) is 3.27. The van der Waals surface area contributed by atoms with Crippen LogP contribution in [-0.4, -0.2) is 38.7 Å². The second kappa shape index (κ2) is 5.59. The Hall–Kier alpha value is -1.95. The van der Waals surface area contributed by atoms with E-state index in [0.717, 1.165) is 18.8 Å². The van der Waals surface area contributed by atoms with E-state index in [-0.39, 0.29) is 0 Å². The minimum Gasteiger partial charge on any atom is -0.357 e. The Bertz CT molecular complexity index is 507. The second-order valence-corrected chi connectivity index (χ2v) is 4.32. The van der Waals surface area contributed by atoms with Crippen molar-refractivity contribution >= 4 is 5.95 Å². The van der Waals surface area contributed by atoms with Crippen LogP contribution in [0.1, 0.15) is 11.3 Å². The third-order valence-electron chi connectivity index (χ3n) is 2.58. The van der Waals surface area contributed by atoms with Crippen LogP contribution in [0.2, 0.25) is 0 Å². The number of aryl methyl sites for hydroxylation is 1. The highest BCUT2D eigenvalue weighted by Crippen LogP contribution is 2.06. The smallest absolute Gasteiger partial charge is 0.222 e. The van der Waals surface area contributed by atoms with E-state index in [2.05, 4.69) is 32.3 Å². The molecule has 2 heterocycles. The molecule has 0 amide bonds. The lowest BCUT2D eigenvalue weighted by Crippen LogP contribution is -2.18. The van der Waals surface area contributed by atoms with Gasteiger partial charge in [-0.1, -0.05) is 0 Å². The Labute approximate surface area is 107 Å². The molecule has 1 N–H and O–H groups in total. The molecular formula is C12H18N6. The van der Waals surface area contributed by atoms with Crippen LogP contribution >= 0.6 is 0 Å². The van der Waals surface area contributed by atoms with Gasteiger partial charge in [0.25, 0.3) is 0 Å². The lowest BCUT2D eigenvalue weighted by molar-refractivity contribution is 0.315. The number of anilines is 1. The zero-order valence-corrected chi connectivity index (χ0v) is 11.0. The number of nitrogens with zero attached hydrogens (tertiary/aromatic N) is 5. The fourth-order valence-corrected chi connectivity index (χ4v) is 1.80. The number of rotatable bonds is 5. The van der Waals surface area contributed by atoms with Crippen LogP contribution in [0.5, 0.6) is 0 Å². The molecule has 2 aromatic rings. The number of nitrogens with one attached hydrogen (secondary N) is 1. The Kier molecular flexibility index (Phi) is 3.88. The van der Waals surface area contributed by atoms with E-state index in [1.54, 1.807) is 6.20 Å². The van der Waals surface area contributed by atoms with Crippen LogP contribution in [-0.2, 0) is 20.1 Å². The lowest BCUT2D eigenvalue weighted by atomic mass is 10.3. The molecule has 0 bridgehead atoms. The van der Waals surface area contributed by atoms with Gasteiger partial charge in [0.1, 0.15) is 0 Å². The van der Waals surface area contributed by atoms with Crippen molar-refractivity contribution in [2.24, 2.45) is 7.05 Å². The van der Waals surface area contributed by atoms with Crippen molar-refractivity contribution in [1.29, 1.82) is 0 Å². The van der Waals surface area contributed by atoms with Crippen LogP contribution in [0.15, 0.2) is 24.7 Å². The van der Waals surface area contributed by atoms with Gasteiger partial charge in [0.15, 0.2) is 0 Å². The molecule has 2 aromatic heterocycles. The molecule has 0 unspecified atom stereocenters. The van der Waals surface area contributed by atoms with Gasteiger partial charge in [0, 0.05) is 45.1 Å². The summed E-state index contributed by atoms with van der Waals surface area (Å²) in [6.07, 6.45) is 5.68. The molecule has 0 saturated carbocycles. The molecular weight excluding hydrogens is 228 g/mol. The van der Waals surface area contributed by atoms with Crippen molar-refractivity contribution in [1.82, 2.24) is 24.6 Å². The summed E-state index contributed by atoms with van der Waals surface area (Å²) in [5.74, 6) is 0.655. The fraction of sp³-hybridized carbons (Fsp3) is 0.417. The standard InChI is InChI=1S/C12H18N6/c1-13-12-14-5-4-11(16-12)9-17(2)7-10-6-15-18(3)8-10/h4-6,8H,7,9H2,1-3H3,(H,13,14,16). The lowest BCUT2D eigenvalue weighted by Gasteiger charge is -2.15. The van der Waals surface area contributed by atoms with E-state index in [4.69, 9.17) is 0 Å². The van der Waals surface area contributed by atoms with Gasteiger partial charge in [-0.2, -0.15) is 5.10 Å². The quantitative estimate of drug-likeness (QED) is 0.849. The maximum atomic E-state index is 4.39. The van der Waals surface area contributed by atoms with Gasteiger partial charge in [-0.05, 0) is 13.1 Å². The van der Waals surface area contributed by atoms with Crippen molar-refractivity contribution < 1.29 is 0 Å². The first-order chi connectivity index (χ1) is 8.67. The first-order valence-corrected chi connectivity index (χ1v) is 5.83. The highest BCUT2D eigenvalue weighted by molar-refractivity contribution is 5.23. The summed E-state index contributed by atoms with van der Waals surface area (Å²) in [5, 5.41) is 7.10. The summed E-state index contributed by atoms with van der Waals surface area (Å²) in [6, 6.07) is 1.93. The molecule has 0 saturated heterocycles. The fourth-order valence-electron chi connectivity index (χ4n) is 1.80. The molecule has 0 aliphatic rings. The summed E-state index contributed by atoms with van der Waals surface area (Å²) in [7, 11) is 5.81. The Morgan fingerprint density at radius 1 is 1.39 bits per heavy atom. The van der Waals surface area contributed by atoms with Crippen molar-refractivity contribution in [3.63, 3.8) is 0 Å². The molecule has 6 nitrogen and oxygen atoms in total. The minimum absolute atomic E-state index is 0.655. The van der Waals surface area contributed by atoms with Gasteiger partial charge in [0.2, 0.25) is 5.95 Å². The zero-order chi connectivity index (χ0) is 13.0. The van der Waals surface area contributed by atoms with Crippen molar-refractivity contribution in [2.45, 2.75) is 13.1 Å². The SMILES string of the molecule is CNc1nccc(CN(C)Cc2cnn(C)c2)n1. The number of hydrogen-bond donors (Lipinski definition) is 1. The van der Waals surface area contributed by atoms with Gasteiger partial charge < -0.3 is 5.32 Å². The molecule has 6 heteroatoms. The Morgan fingerprint density at radius 3 is 2.89 bits per heavy atom. The highest BCUT2D eigenvalue weighted by Gasteiger charge is 2.05. The van der Waals surface area contributed by atoms with Crippen molar-refractivity contribution in [3.8, 4) is 0 Å². The van der Waals surface area contributed by atoms with Crippen LogP contribution in [0.4, 0.5) is 5.95 Å². The molecule has 18 heavy (non-hydrogen) atoms. The average molecular weight is 246 g/mol. The van der Waals surface area contributed by atoms with Gasteiger partial charge in [-0.3, -0.25) is 9.58 Å². The Morgan fingerprint density at radius 2 is 2.22 bits per heavy atom. The van der Waals surface area contributed by atoms with Crippen LogP contribution in [0.3, 0.4) is 0 Å². The van der Waals surface area contributed by atoms with Crippen LogP contribution in [0.25, 0.3) is 0 Å². The largest absolute Gasteiger partial charge is 0.357 e. The van der Waals surface area contributed by atoms with Gasteiger partial charge >= 0.3 is 0 Å². The van der Waals surface area contributed by atoms with Gasteiger partial charge in [0.05, 0.1) is 11.9 Å². The molecule has 0 aromatic carbocycles. The van der Waals surface area contributed by atoms with E-state index < -0.39 is 0 Å². The zero-order valence-electron chi connectivity index (χ0n) is 11.0. The van der Waals surface area contributed by atoms with E-state index in [1.165, 1.54) is 5.56 Å². The summed E-state index contributed by atoms with van der Waals surface area (Å²) in [5.41, 5.74) is 2.20. The summed E-state index contributed by atoms with van der Waals surface area (Å²) >= 11 is 0. The molecule has 0 aliphatic carbocycles. The van der Waals surface area contributed by atoms with Gasteiger partial charge in [-0.25, -0.2) is 9.97 Å². The predicted octanol–water partition coefficient (Wildman–Crippen LogP) is 0.884. The third-order valence-corrected chi connectivity index (χ3v) is 2.58. The van der Waals surface area contributed by atoms with E-state index in [1.807, 2.05) is 37.2 Å². The number of aromatic nitrogens is 4. The molecule has 0 atom stereocenters. The van der Waals surface area contributed by atoms with Crippen LogP contribution < -0.4 is 5.32 Å². The highest BCUT2D eigenvalue weighted by atomic mass is 15.2. The monoisotopic (exact) mass is 246 g/mol. The van der Waals surface area contributed by atoms with Crippen molar-refractivity contribution in [2.75, 3.05) is 19.4 Å². The maximum Gasteiger partial charge on any atom is 0.222 e. The second-order valence-electron chi connectivity index (χ2n) is 4.32. The molecule has 0 aliphatic heterocycles. The molecule has 0 fully saturated rings. The van der Waals surface area contributed by atoms with E-state index in [0.29, 0.717) is 5.95 Å². The van der Waals surface area contributed by atoms with E-state index in [9.17, 15) is 0 Å². The first kappa shape index (κ1) is 12.5. The molecule has 0 radical (unpaired) electrons. The maximum absolute atomic E-state index is 4.39. The number of hydrogen-bond acceptors (Lipinski definition) is 5. The normalized spacial score (nSPS) is 10.9. The topological polar surface area (TPSA) is 58.9 Å². The summed E-state index contributed by atoms with van der Waals surface area (Å²) in [6.45, 7) is 1.64. The molecule has 2 rings (SSSR count). The van der Waals surface area contributed by atoms with Crippen LogP contribution in [0, 0.1) is 0 Å². The average Bonchev–Trinajstić information content (AvgIpc) is 2.74. The van der Waals surface area contributed by atoms with E-state index >= 15 is 0 Å². The Balaban J connectivity index is 1.96. The predicted molar refractivity (Wildman–Crippen MR) is 70.0 cm³/mol. The van der Waals surface area contributed by atoms with Crippen molar-refractivity contribution in [3.05, 3.63) is 35.9 Å². The minimum atomic E-state index is 0.655. The summed E-state index contributed by atoms with van der Waals surface area (Å²) < 4.78 is 1.81. The van der Waals surface area contributed by atoms with Gasteiger partial charge in [-0.15, -0.1) is 0 Å². The first-order valence-electron chi connectivity index (χ1n) is 5.83. The molecule has 96 valence electrons. The summed E-state index contributed by atoms with van der Waals surface area (Å²) in [4.78, 5) is 10.7.